The molecular formula is C22H27ClN4O2. The van der Waals surface area contributed by atoms with Crippen LogP contribution in [0.25, 0.3) is 0 Å². The molecular weight excluding hydrogens is 388 g/mol. The number of aromatic nitrogens is 2. The normalized spacial score (nSPS) is 16.6. The molecule has 0 unspecified atom stereocenters. The Morgan fingerprint density at radius 3 is 2.79 bits per heavy atom. The largest absolute Gasteiger partial charge is 0.378 e. The number of aryl methyl sites for hydroxylation is 1. The van der Waals surface area contributed by atoms with E-state index < -0.39 is 0 Å². The fourth-order valence-electron chi connectivity index (χ4n) is 4.02. The van der Waals surface area contributed by atoms with E-state index in [0.29, 0.717) is 45.0 Å². The third-order valence-electron chi connectivity index (χ3n) is 5.50. The first-order valence-electron chi connectivity index (χ1n) is 10.2. The highest BCUT2D eigenvalue weighted by Gasteiger charge is 2.28. The summed E-state index contributed by atoms with van der Waals surface area (Å²) >= 11 is 5.78. The van der Waals surface area contributed by atoms with Crippen LogP contribution in [-0.4, -0.2) is 59.5 Å². The Bertz CT molecular complexity index is 883. The smallest absolute Gasteiger partial charge is 0.224 e. The van der Waals surface area contributed by atoms with Crippen molar-refractivity contribution in [2.75, 3.05) is 43.6 Å². The van der Waals surface area contributed by atoms with Gasteiger partial charge in [0.15, 0.2) is 0 Å². The number of fused-ring (bicyclic) bond motifs is 1. The van der Waals surface area contributed by atoms with Crippen molar-refractivity contribution in [2.24, 2.45) is 0 Å². The Hall–Kier alpha value is -2.18. The molecule has 1 aromatic heterocycles. The van der Waals surface area contributed by atoms with Crippen molar-refractivity contribution in [1.29, 1.82) is 0 Å². The van der Waals surface area contributed by atoms with Gasteiger partial charge in [-0.2, -0.15) is 0 Å². The molecule has 1 fully saturated rings. The number of halogens is 1. The van der Waals surface area contributed by atoms with Crippen LogP contribution in [-0.2, 0) is 28.9 Å². The van der Waals surface area contributed by atoms with Gasteiger partial charge in [0.25, 0.3) is 0 Å². The molecule has 0 spiro atoms. The fraction of sp³-hybridized carbons (Fsp3) is 0.500. The van der Waals surface area contributed by atoms with Crippen molar-refractivity contribution < 1.29 is 9.53 Å². The minimum absolute atomic E-state index is 0.0995. The number of nitrogens with zero attached hydrogens (tertiary/aromatic N) is 4. The molecule has 29 heavy (non-hydrogen) atoms. The molecule has 2 aliphatic heterocycles. The average Bonchev–Trinajstić information content (AvgIpc) is 2.74. The number of benzene rings is 1. The van der Waals surface area contributed by atoms with Crippen LogP contribution < -0.4 is 4.90 Å². The summed E-state index contributed by atoms with van der Waals surface area (Å²) in [6.07, 6.45) is 1.83. The van der Waals surface area contributed by atoms with Gasteiger partial charge >= 0.3 is 0 Å². The van der Waals surface area contributed by atoms with Crippen LogP contribution in [0.5, 0.6) is 0 Å². The SMILES string of the molecule is Cc1cccc(Cc2nc3c(c(N4CCOCC4)n2)CN(C(=O)CCCl)CC3)c1. The van der Waals surface area contributed by atoms with Gasteiger partial charge in [-0.25, -0.2) is 9.97 Å². The highest BCUT2D eigenvalue weighted by Crippen LogP contribution is 2.28. The lowest BCUT2D eigenvalue weighted by atomic mass is 10.0. The first kappa shape index (κ1) is 20.1. The molecule has 0 saturated carbocycles. The first-order valence-corrected chi connectivity index (χ1v) is 10.8. The minimum atomic E-state index is 0.0995. The van der Waals surface area contributed by atoms with E-state index in [9.17, 15) is 4.79 Å². The molecule has 0 bridgehead atoms. The zero-order valence-corrected chi connectivity index (χ0v) is 17.6. The maximum absolute atomic E-state index is 12.4. The summed E-state index contributed by atoms with van der Waals surface area (Å²) in [5, 5.41) is 0. The summed E-state index contributed by atoms with van der Waals surface area (Å²) < 4.78 is 5.53. The van der Waals surface area contributed by atoms with E-state index in [0.717, 1.165) is 42.4 Å². The molecule has 2 aliphatic rings. The van der Waals surface area contributed by atoms with Crippen LogP contribution in [0.1, 0.15) is 34.6 Å². The zero-order chi connectivity index (χ0) is 20.2. The fourth-order valence-corrected chi connectivity index (χ4v) is 4.18. The lowest BCUT2D eigenvalue weighted by Gasteiger charge is -2.34. The summed E-state index contributed by atoms with van der Waals surface area (Å²) in [5.74, 6) is 2.26. The third kappa shape index (κ3) is 4.70. The van der Waals surface area contributed by atoms with E-state index in [1.165, 1.54) is 11.1 Å². The van der Waals surface area contributed by atoms with E-state index in [4.69, 9.17) is 26.3 Å². The van der Waals surface area contributed by atoms with Gasteiger partial charge in [0, 0.05) is 50.3 Å². The second-order valence-electron chi connectivity index (χ2n) is 7.66. The van der Waals surface area contributed by atoms with Crippen molar-refractivity contribution in [3.63, 3.8) is 0 Å². The van der Waals surface area contributed by atoms with E-state index in [-0.39, 0.29) is 5.91 Å². The Kier molecular flexibility index (Phi) is 6.31. The molecule has 7 heteroatoms. The molecule has 1 amide bonds. The Labute approximate surface area is 176 Å². The van der Waals surface area contributed by atoms with Gasteiger partial charge in [-0.1, -0.05) is 29.8 Å². The van der Waals surface area contributed by atoms with E-state index in [1.807, 2.05) is 4.90 Å². The standard InChI is InChI=1S/C22H27ClN4O2/c1-16-3-2-4-17(13-16)14-20-24-19-6-8-27(21(28)5-7-23)15-18(19)22(25-20)26-9-11-29-12-10-26/h2-4,13H,5-12,14-15H2,1H3. The van der Waals surface area contributed by atoms with Gasteiger partial charge in [-0.15, -0.1) is 11.6 Å². The van der Waals surface area contributed by atoms with Crippen LogP contribution in [0.3, 0.4) is 0 Å². The molecule has 1 aromatic carbocycles. The van der Waals surface area contributed by atoms with Crippen LogP contribution in [0.15, 0.2) is 24.3 Å². The summed E-state index contributed by atoms with van der Waals surface area (Å²) in [6, 6.07) is 8.48. The molecule has 2 aromatic rings. The number of carbonyl (C=O) groups excluding carboxylic acids is 1. The van der Waals surface area contributed by atoms with Gasteiger partial charge in [0.2, 0.25) is 5.91 Å². The quantitative estimate of drug-likeness (QED) is 0.704. The van der Waals surface area contributed by atoms with E-state index >= 15 is 0 Å². The number of hydrogen-bond donors (Lipinski definition) is 0. The second-order valence-corrected chi connectivity index (χ2v) is 8.04. The summed E-state index contributed by atoms with van der Waals surface area (Å²) in [7, 11) is 0. The van der Waals surface area contributed by atoms with Crippen LogP contribution in [0, 0.1) is 6.92 Å². The summed E-state index contributed by atoms with van der Waals surface area (Å²) in [5.41, 5.74) is 4.60. The van der Waals surface area contributed by atoms with Gasteiger partial charge < -0.3 is 14.5 Å². The predicted octanol–water partition coefficient (Wildman–Crippen LogP) is 2.73. The highest BCUT2D eigenvalue weighted by atomic mass is 35.5. The Balaban J connectivity index is 1.66. The first-order chi connectivity index (χ1) is 14.1. The molecule has 3 heterocycles. The molecule has 0 radical (unpaired) electrons. The number of amides is 1. The number of morpholine rings is 1. The Morgan fingerprint density at radius 1 is 1.21 bits per heavy atom. The highest BCUT2D eigenvalue weighted by molar-refractivity contribution is 6.18. The zero-order valence-electron chi connectivity index (χ0n) is 16.9. The van der Waals surface area contributed by atoms with Gasteiger partial charge in [0.05, 0.1) is 25.5 Å². The van der Waals surface area contributed by atoms with Gasteiger partial charge in [-0.3, -0.25) is 4.79 Å². The van der Waals surface area contributed by atoms with Crippen molar-refractivity contribution in [1.82, 2.24) is 14.9 Å². The molecule has 0 aliphatic carbocycles. The Morgan fingerprint density at radius 2 is 2.03 bits per heavy atom. The maximum Gasteiger partial charge on any atom is 0.224 e. The third-order valence-corrected chi connectivity index (χ3v) is 5.69. The predicted molar refractivity (Wildman–Crippen MR) is 114 cm³/mol. The molecule has 4 rings (SSSR count). The van der Waals surface area contributed by atoms with Gasteiger partial charge in [0.1, 0.15) is 11.6 Å². The van der Waals surface area contributed by atoms with Crippen LogP contribution in [0.2, 0.25) is 0 Å². The maximum atomic E-state index is 12.4. The number of rotatable bonds is 5. The molecule has 154 valence electrons. The number of alkyl halides is 1. The number of hydrogen-bond acceptors (Lipinski definition) is 5. The van der Waals surface area contributed by atoms with Crippen molar-refractivity contribution in [3.05, 3.63) is 52.5 Å². The number of carbonyl (C=O) groups is 1. The average molecular weight is 415 g/mol. The lowest BCUT2D eigenvalue weighted by molar-refractivity contribution is -0.131. The number of anilines is 1. The second kappa shape index (κ2) is 9.09. The summed E-state index contributed by atoms with van der Waals surface area (Å²) in [4.78, 5) is 26.4. The van der Waals surface area contributed by atoms with Gasteiger partial charge in [-0.05, 0) is 12.5 Å². The lowest BCUT2D eigenvalue weighted by Crippen LogP contribution is -2.41. The van der Waals surface area contributed by atoms with Crippen LogP contribution in [0.4, 0.5) is 5.82 Å². The van der Waals surface area contributed by atoms with Crippen LogP contribution >= 0.6 is 11.6 Å². The molecule has 6 nitrogen and oxygen atoms in total. The summed E-state index contributed by atoms with van der Waals surface area (Å²) in [6.45, 7) is 6.35. The van der Waals surface area contributed by atoms with Crippen molar-refractivity contribution in [2.45, 2.75) is 32.7 Å². The molecule has 0 N–H and O–H groups in total. The molecule has 1 saturated heterocycles. The van der Waals surface area contributed by atoms with Crippen molar-refractivity contribution in [3.8, 4) is 0 Å². The van der Waals surface area contributed by atoms with Crippen molar-refractivity contribution >= 4 is 23.3 Å². The molecule has 0 atom stereocenters. The van der Waals surface area contributed by atoms with E-state index in [1.54, 1.807) is 0 Å². The monoisotopic (exact) mass is 414 g/mol. The topological polar surface area (TPSA) is 58.6 Å². The van der Waals surface area contributed by atoms with E-state index in [2.05, 4.69) is 36.1 Å². The number of ether oxygens (including phenoxy) is 1. The minimum Gasteiger partial charge on any atom is -0.378 e.